The Morgan fingerprint density at radius 1 is 1.40 bits per heavy atom. The van der Waals surface area contributed by atoms with Crippen LogP contribution in [0.5, 0.6) is 0 Å². The molecule has 0 radical (unpaired) electrons. The second kappa shape index (κ2) is 4.62. The first-order valence-corrected chi connectivity index (χ1v) is 4.44. The van der Waals surface area contributed by atoms with Crippen LogP contribution in [-0.4, -0.2) is 37.1 Å². The Labute approximate surface area is 59.8 Å². The van der Waals surface area contributed by atoms with Crippen molar-refractivity contribution < 1.29 is 18.1 Å². The van der Waals surface area contributed by atoms with E-state index >= 15 is 0 Å². The summed E-state index contributed by atoms with van der Waals surface area (Å²) in [5, 5.41) is 10.7. The molecule has 10 heavy (non-hydrogen) atoms. The Bertz CT molecular complexity index is 164. The van der Waals surface area contributed by atoms with Crippen LogP contribution in [0.1, 0.15) is 6.42 Å². The molecule has 0 aliphatic rings. The van der Waals surface area contributed by atoms with Gasteiger partial charge in [0.2, 0.25) is 0 Å². The highest BCUT2D eigenvalue weighted by molar-refractivity contribution is 7.85. The van der Waals surface area contributed by atoms with E-state index in [9.17, 15) is 8.42 Å². The van der Waals surface area contributed by atoms with Crippen molar-refractivity contribution in [1.29, 1.82) is 0 Å². The average molecular weight is 169 g/mol. The van der Waals surface area contributed by atoms with Crippen molar-refractivity contribution in [3.05, 3.63) is 0 Å². The van der Waals surface area contributed by atoms with Crippen LogP contribution in [0.15, 0.2) is 0 Å². The van der Waals surface area contributed by atoms with E-state index in [0.29, 0.717) is 13.0 Å². The van der Waals surface area contributed by atoms with Gasteiger partial charge in [0.05, 0.1) is 12.5 Å². The van der Waals surface area contributed by atoms with Gasteiger partial charge in [-0.25, -0.2) is 0 Å². The van der Waals surface area contributed by atoms with Gasteiger partial charge in [0, 0.05) is 0 Å². The van der Waals surface area contributed by atoms with E-state index < -0.39 is 10.1 Å². The number of nitrogens with one attached hydrogen (secondary N) is 1. The molecule has 3 N–H and O–H groups in total. The fourth-order valence-electron chi connectivity index (χ4n) is 0.459. The van der Waals surface area contributed by atoms with Gasteiger partial charge in [-0.05, 0) is 13.0 Å². The third kappa shape index (κ3) is 7.83. The molecule has 0 aliphatic heterocycles. The Balaban J connectivity index is 3.21. The normalized spacial score (nSPS) is 11.8. The van der Waals surface area contributed by atoms with Crippen LogP contribution in [0.25, 0.3) is 0 Å². The van der Waals surface area contributed by atoms with Crippen molar-refractivity contribution >= 4 is 10.1 Å². The van der Waals surface area contributed by atoms with Crippen molar-refractivity contribution in [2.24, 2.45) is 0 Å². The highest BCUT2D eigenvalue weighted by atomic mass is 32.2. The molecule has 0 saturated heterocycles. The Morgan fingerprint density at radius 3 is 2.40 bits per heavy atom. The third-order valence-corrected chi connectivity index (χ3v) is 1.67. The van der Waals surface area contributed by atoms with E-state index in [1.54, 1.807) is 0 Å². The highest BCUT2D eigenvalue weighted by Crippen LogP contribution is 1.85. The maximum Gasteiger partial charge on any atom is 0.264 e. The van der Waals surface area contributed by atoms with Gasteiger partial charge in [-0.2, -0.15) is 8.42 Å². The topological polar surface area (TPSA) is 86.6 Å². The molecule has 0 rings (SSSR count). The van der Waals surface area contributed by atoms with E-state index in [1.165, 1.54) is 0 Å². The zero-order valence-electron chi connectivity index (χ0n) is 5.45. The van der Waals surface area contributed by atoms with Crippen LogP contribution >= 0.6 is 0 Å². The molecule has 6 heteroatoms. The van der Waals surface area contributed by atoms with E-state index in [-0.39, 0.29) is 12.5 Å². The van der Waals surface area contributed by atoms with Gasteiger partial charge in [-0.1, -0.05) is 0 Å². The lowest BCUT2D eigenvalue weighted by atomic mass is 10.5. The number of rotatable bonds is 5. The summed E-state index contributed by atoms with van der Waals surface area (Å²) in [7, 11) is -3.83. The summed E-state index contributed by atoms with van der Waals surface area (Å²) in [6.07, 6.45) is 0.305. The molecule has 0 spiro atoms. The second-order valence-corrected chi connectivity index (χ2v) is 3.37. The lowest BCUT2D eigenvalue weighted by molar-refractivity contribution is 0.261. The minimum atomic E-state index is -3.83. The van der Waals surface area contributed by atoms with Crippen LogP contribution in [-0.2, 0) is 10.1 Å². The summed E-state index contributed by atoms with van der Waals surface area (Å²) in [5.74, 6) is -0.264. The molecule has 62 valence electrons. The van der Waals surface area contributed by atoms with Crippen LogP contribution in [0.3, 0.4) is 0 Å². The van der Waals surface area contributed by atoms with Crippen molar-refractivity contribution in [3.8, 4) is 0 Å². The van der Waals surface area contributed by atoms with Crippen molar-refractivity contribution in [3.63, 3.8) is 0 Å². The Kier molecular flexibility index (Phi) is 4.54. The zero-order chi connectivity index (χ0) is 8.04. The molecule has 0 amide bonds. The van der Waals surface area contributed by atoms with E-state index in [4.69, 9.17) is 9.66 Å². The van der Waals surface area contributed by atoms with Gasteiger partial charge in [-0.3, -0.25) is 9.87 Å². The molecule has 0 saturated carbocycles. The van der Waals surface area contributed by atoms with Crippen LogP contribution in [0.2, 0.25) is 0 Å². The minimum Gasteiger partial charge on any atom is -0.381 e. The SMILES string of the molecule is O=S(=O)(O)CCCNCO. The number of aliphatic hydroxyl groups is 1. The lowest BCUT2D eigenvalue weighted by Crippen LogP contribution is -2.18. The fraction of sp³-hybridized carbons (Fsp3) is 1.00. The predicted molar refractivity (Wildman–Crippen MR) is 36.1 cm³/mol. The van der Waals surface area contributed by atoms with Crippen molar-refractivity contribution in [2.45, 2.75) is 6.42 Å². The monoisotopic (exact) mass is 169 g/mol. The number of hydrogen-bond acceptors (Lipinski definition) is 4. The zero-order valence-corrected chi connectivity index (χ0v) is 6.26. The largest absolute Gasteiger partial charge is 0.381 e. The molecule has 0 bridgehead atoms. The molecular weight excluding hydrogens is 158 g/mol. The maximum atomic E-state index is 10.1. The summed E-state index contributed by atoms with van der Waals surface area (Å²) in [4.78, 5) is 0. The Morgan fingerprint density at radius 2 is 2.00 bits per heavy atom. The van der Waals surface area contributed by atoms with Crippen molar-refractivity contribution in [1.82, 2.24) is 5.32 Å². The molecule has 0 unspecified atom stereocenters. The summed E-state index contributed by atoms with van der Waals surface area (Å²) < 4.78 is 28.3. The lowest BCUT2D eigenvalue weighted by Gasteiger charge is -1.97. The molecular formula is C4H11NO4S. The maximum absolute atomic E-state index is 10.1. The minimum absolute atomic E-state index is 0.175. The standard InChI is InChI=1S/C4H11NO4S/c6-4-5-2-1-3-10(7,8)9/h5-6H,1-4H2,(H,7,8,9). The van der Waals surface area contributed by atoms with Crippen molar-refractivity contribution in [2.75, 3.05) is 19.0 Å². The van der Waals surface area contributed by atoms with Gasteiger partial charge in [0.1, 0.15) is 0 Å². The van der Waals surface area contributed by atoms with Gasteiger partial charge in [0.15, 0.2) is 0 Å². The van der Waals surface area contributed by atoms with Crippen LogP contribution < -0.4 is 5.32 Å². The summed E-state index contributed by atoms with van der Waals surface area (Å²) in [5.41, 5.74) is 0. The third-order valence-electron chi connectivity index (χ3n) is 0.868. The van der Waals surface area contributed by atoms with Crippen LogP contribution in [0, 0.1) is 0 Å². The summed E-state index contributed by atoms with van der Waals surface area (Å²) >= 11 is 0. The van der Waals surface area contributed by atoms with E-state index in [1.807, 2.05) is 0 Å². The first kappa shape index (κ1) is 9.83. The van der Waals surface area contributed by atoms with E-state index in [2.05, 4.69) is 5.32 Å². The molecule has 0 aromatic carbocycles. The quantitative estimate of drug-likeness (QED) is 0.273. The average Bonchev–Trinajstić information content (AvgIpc) is 1.78. The van der Waals surface area contributed by atoms with Gasteiger partial charge in [-0.15, -0.1) is 0 Å². The summed E-state index contributed by atoms with van der Waals surface area (Å²) in [6, 6.07) is 0. The van der Waals surface area contributed by atoms with E-state index in [0.717, 1.165) is 0 Å². The molecule has 0 atom stereocenters. The smallest absolute Gasteiger partial charge is 0.264 e. The van der Waals surface area contributed by atoms with Gasteiger partial charge < -0.3 is 5.11 Å². The van der Waals surface area contributed by atoms with Gasteiger partial charge >= 0.3 is 0 Å². The number of aliphatic hydroxyl groups excluding tert-OH is 1. The predicted octanol–water partition coefficient (Wildman–Crippen LogP) is -1.20. The first-order valence-electron chi connectivity index (χ1n) is 2.83. The van der Waals surface area contributed by atoms with Crippen LogP contribution in [0.4, 0.5) is 0 Å². The molecule has 0 aliphatic carbocycles. The molecule has 0 fully saturated rings. The molecule has 0 aromatic rings. The second-order valence-electron chi connectivity index (χ2n) is 1.80. The van der Waals surface area contributed by atoms with Gasteiger partial charge in [0.25, 0.3) is 10.1 Å². The summed E-state index contributed by atoms with van der Waals surface area (Å²) in [6.45, 7) is 0.210. The first-order chi connectivity index (χ1) is 4.56. The molecule has 0 aromatic heterocycles. The molecule has 5 nitrogen and oxygen atoms in total. The molecule has 0 heterocycles. The number of hydrogen-bond donors (Lipinski definition) is 3. The Hall–Kier alpha value is -0.170. The fourth-order valence-corrected chi connectivity index (χ4v) is 0.968. The highest BCUT2D eigenvalue weighted by Gasteiger charge is 2.01.